The van der Waals surface area contributed by atoms with Gasteiger partial charge in [-0.3, -0.25) is 0 Å². The third kappa shape index (κ3) is 3.96. The number of nitrogens with zero attached hydrogens (tertiary/aromatic N) is 3. The minimum Gasteiger partial charge on any atom is -0.465 e. The van der Waals surface area contributed by atoms with Gasteiger partial charge in [-0.1, -0.05) is 20.8 Å². The predicted octanol–water partition coefficient (Wildman–Crippen LogP) is 3.43. The summed E-state index contributed by atoms with van der Waals surface area (Å²) >= 11 is 0. The number of hydrogen-bond donors (Lipinski definition) is 1. The largest absolute Gasteiger partial charge is 0.465 e. The first-order chi connectivity index (χ1) is 11.4. The molecule has 3 heterocycles. The van der Waals surface area contributed by atoms with E-state index in [9.17, 15) is 0 Å². The molecule has 2 aromatic rings. The number of aromatic nitrogens is 2. The van der Waals surface area contributed by atoms with Crippen molar-refractivity contribution in [3.8, 4) is 0 Å². The molecule has 0 unspecified atom stereocenters. The van der Waals surface area contributed by atoms with Crippen LogP contribution in [0.2, 0.25) is 0 Å². The fourth-order valence-electron chi connectivity index (χ4n) is 3.09. The fourth-order valence-corrected chi connectivity index (χ4v) is 3.09. The fraction of sp³-hybridized carbons (Fsp3) is 0.579. The van der Waals surface area contributed by atoms with Crippen molar-refractivity contribution in [2.24, 2.45) is 0 Å². The zero-order valence-electron chi connectivity index (χ0n) is 15.2. The monoisotopic (exact) mass is 328 g/mol. The molecule has 1 aliphatic heterocycles. The number of furan rings is 1. The van der Waals surface area contributed by atoms with E-state index in [0.717, 1.165) is 49.8 Å². The van der Waals surface area contributed by atoms with Crippen LogP contribution in [0.15, 0.2) is 28.8 Å². The van der Waals surface area contributed by atoms with Gasteiger partial charge in [0.1, 0.15) is 11.5 Å². The average Bonchev–Trinajstić information content (AvgIpc) is 2.95. The molecule has 0 amide bonds. The molecule has 0 saturated carbocycles. The average molecular weight is 328 g/mol. The molecule has 5 heteroatoms. The number of piperidine rings is 1. The van der Waals surface area contributed by atoms with Crippen LogP contribution in [0, 0.1) is 6.92 Å². The van der Waals surface area contributed by atoms with Crippen LogP contribution in [0.1, 0.15) is 50.7 Å². The molecule has 2 aromatic heterocycles. The van der Waals surface area contributed by atoms with Gasteiger partial charge in [-0.25, -0.2) is 0 Å². The van der Waals surface area contributed by atoms with E-state index in [1.165, 1.54) is 5.56 Å². The lowest BCUT2D eigenvalue weighted by molar-refractivity contribution is 0.391. The van der Waals surface area contributed by atoms with Crippen molar-refractivity contribution in [1.82, 2.24) is 15.5 Å². The second-order valence-corrected chi connectivity index (χ2v) is 7.67. The van der Waals surface area contributed by atoms with E-state index in [2.05, 4.69) is 54.2 Å². The lowest BCUT2D eigenvalue weighted by Gasteiger charge is -2.32. The predicted molar refractivity (Wildman–Crippen MR) is 96.3 cm³/mol. The van der Waals surface area contributed by atoms with Gasteiger partial charge < -0.3 is 14.6 Å². The van der Waals surface area contributed by atoms with E-state index in [4.69, 9.17) is 4.42 Å². The van der Waals surface area contributed by atoms with Gasteiger partial charge in [0.15, 0.2) is 5.82 Å². The Morgan fingerprint density at radius 3 is 2.62 bits per heavy atom. The maximum atomic E-state index is 5.93. The van der Waals surface area contributed by atoms with E-state index >= 15 is 0 Å². The van der Waals surface area contributed by atoms with Crippen LogP contribution >= 0.6 is 0 Å². The maximum absolute atomic E-state index is 5.93. The molecule has 0 aromatic carbocycles. The van der Waals surface area contributed by atoms with Crippen molar-refractivity contribution in [2.75, 3.05) is 18.0 Å². The van der Waals surface area contributed by atoms with Crippen molar-refractivity contribution in [2.45, 2.75) is 58.5 Å². The Balaban J connectivity index is 1.51. The highest BCUT2D eigenvalue weighted by Gasteiger charge is 2.22. The Morgan fingerprint density at radius 1 is 1.29 bits per heavy atom. The van der Waals surface area contributed by atoms with Gasteiger partial charge >= 0.3 is 0 Å². The summed E-state index contributed by atoms with van der Waals surface area (Å²) < 4.78 is 5.93. The van der Waals surface area contributed by atoms with Crippen molar-refractivity contribution in [3.05, 3.63) is 41.5 Å². The highest BCUT2D eigenvalue weighted by molar-refractivity contribution is 5.36. The maximum Gasteiger partial charge on any atom is 0.151 e. The highest BCUT2D eigenvalue weighted by Crippen LogP contribution is 2.27. The van der Waals surface area contributed by atoms with Gasteiger partial charge in [-0.15, -0.1) is 5.10 Å². The number of hydrogen-bond acceptors (Lipinski definition) is 5. The Labute approximate surface area is 144 Å². The molecule has 0 atom stereocenters. The Morgan fingerprint density at radius 2 is 2.04 bits per heavy atom. The summed E-state index contributed by atoms with van der Waals surface area (Å²) in [4.78, 5) is 2.31. The van der Waals surface area contributed by atoms with E-state index in [0.29, 0.717) is 6.04 Å². The first-order valence-electron chi connectivity index (χ1n) is 8.79. The number of nitrogens with one attached hydrogen (secondary N) is 1. The van der Waals surface area contributed by atoms with Crippen LogP contribution in [0.4, 0.5) is 5.82 Å². The summed E-state index contributed by atoms with van der Waals surface area (Å²) in [5, 5.41) is 11.9. The molecule has 0 spiro atoms. The molecule has 3 rings (SSSR count). The molecule has 24 heavy (non-hydrogen) atoms. The first kappa shape index (κ1) is 17.0. The highest BCUT2D eigenvalue weighted by atomic mass is 16.3. The summed E-state index contributed by atoms with van der Waals surface area (Å²) in [7, 11) is 0. The van der Waals surface area contributed by atoms with Crippen molar-refractivity contribution in [3.63, 3.8) is 0 Å². The molecule has 0 radical (unpaired) electrons. The first-order valence-corrected chi connectivity index (χ1v) is 8.79. The molecule has 1 aliphatic rings. The van der Waals surface area contributed by atoms with Crippen LogP contribution in [-0.4, -0.2) is 29.3 Å². The summed E-state index contributed by atoms with van der Waals surface area (Å²) in [5.74, 6) is 3.08. The minimum atomic E-state index is 0.0606. The summed E-state index contributed by atoms with van der Waals surface area (Å²) in [6.07, 6.45) is 3.97. The van der Waals surface area contributed by atoms with E-state index in [-0.39, 0.29) is 5.41 Å². The SMILES string of the molecule is Cc1oc(C(C)(C)C)cc1CNC1CCN(c2cccnn2)CC1. The van der Waals surface area contributed by atoms with Gasteiger partial charge in [0.2, 0.25) is 0 Å². The molecular weight excluding hydrogens is 300 g/mol. The van der Waals surface area contributed by atoms with E-state index in [1.54, 1.807) is 6.20 Å². The standard InChI is InChI=1S/C19H28N4O/c1-14-15(12-17(24-14)19(2,3)4)13-20-16-7-10-23(11-8-16)18-6-5-9-21-22-18/h5-6,9,12,16,20H,7-8,10-11,13H2,1-4H3. The van der Waals surface area contributed by atoms with Crippen molar-refractivity contribution >= 4 is 5.82 Å². The molecule has 1 fully saturated rings. The van der Waals surface area contributed by atoms with Gasteiger partial charge in [0, 0.05) is 42.9 Å². The van der Waals surface area contributed by atoms with Gasteiger partial charge in [0.25, 0.3) is 0 Å². The van der Waals surface area contributed by atoms with Crippen LogP contribution in [0.5, 0.6) is 0 Å². The van der Waals surface area contributed by atoms with E-state index < -0.39 is 0 Å². The molecule has 130 valence electrons. The molecule has 5 nitrogen and oxygen atoms in total. The third-order valence-electron chi connectivity index (χ3n) is 4.72. The van der Waals surface area contributed by atoms with Crippen molar-refractivity contribution < 1.29 is 4.42 Å². The van der Waals surface area contributed by atoms with Crippen LogP contribution in [-0.2, 0) is 12.0 Å². The Bertz CT molecular complexity index is 652. The van der Waals surface area contributed by atoms with E-state index in [1.807, 2.05) is 12.1 Å². The van der Waals surface area contributed by atoms with Crippen LogP contribution < -0.4 is 10.2 Å². The molecular formula is C19H28N4O. The van der Waals surface area contributed by atoms with Crippen LogP contribution in [0.3, 0.4) is 0 Å². The normalized spacial score (nSPS) is 16.6. The Kier molecular flexibility index (Phi) is 4.90. The third-order valence-corrected chi connectivity index (χ3v) is 4.72. The van der Waals surface area contributed by atoms with Gasteiger partial charge in [-0.2, -0.15) is 5.10 Å². The number of rotatable bonds is 4. The molecule has 0 aliphatic carbocycles. The van der Waals surface area contributed by atoms with Crippen LogP contribution in [0.25, 0.3) is 0 Å². The summed E-state index contributed by atoms with van der Waals surface area (Å²) in [6.45, 7) is 11.5. The smallest absolute Gasteiger partial charge is 0.151 e. The minimum absolute atomic E-state index is 0.0606. The number of aryl methyl sites for hydroxylation is 1. The molecule has 1 saturated heterocycles. The molecule has 0 bridgehead atoms. The molecule has 1 N–H and O–H groups in total. The lowest BCUT2D eigenvalue weighted by atomic mass is 9.93. The van der Waals surface area contributed by atoms with Crippen molar-refractivity contribution in [1.29, 1.82) is 0 Å². The number of anilines is 1. The topological polar surface area (TPSA) is 54.2 Å². The van der Waals surface area contributed by atoms with Gasteiger partial charge in [-0.05, 0) is 38.0 Å². The summed E-state index contributed by atoms with van der Waals surface area (Å²) in [6, 6.07) is 6.73. The quantitative estimate of drug-likeness (QED) is 0.932. The second kappa shape index (κ2) is 6.93. The zero-order chi connectivity index (χ0) is 17.2. The Hall–Kier alpha value is -1.88. The second-order valence-electron chi connectivity index (χ2n) is 7.67. The summed E-state index contributed by atoms with van der Waals surface area (Å²) in [5.41, 5.74) is 1.33. The van der Waals surface area contributed by atoms with Gasteiger partial charge in [0.05, 0.1) is 0 Å². The lowest BCUT2D eigenvalue weighted by Crippen LogP contribution is -2.42. The zero-order valence-corrected chi connectivity index (χ0v) is 15.2.